The highest BCUT2D eigenvalue weighted by molar-refractivity contribution is 6.30. The lowest BCUT2D eigenvalue weighted by atomic mass is 9.77. The van der Waals surface area contributed by atoms with Crippen LogP contribution in [-0.4, -0.2) is 42.3 Å². The number of nitrogens with zero attached hydrogens (tertiary/aromatic N) is 1. The monoisotopic (exact) mass is 338 g/mol. The van der Waals surface area contributed by atoms with E-state index in [1.807, 2.05) is 29.2 Å². The van der Waals surface area contributed by atoms with Gasteiger partial charge in [-0.25, -0.2) is 4.79 Å². The molecule has 1 aliphatic rings. The number of aliphatic hydroxyl groups is 1. The van der Waals surface area contributed by atoms with E-state index in [9.17, 15) is 9.90 Å². The molecule has 0 spiro atoms. The Morgan fingerprint density at radius 1 is 1.30 bits per heavy atom. The first kappa shape index (κ1) is 18.1. The molecule has 128 valence electrons. The molecule has 1 saturated heterocycles. The summed E-state index contributed by atoms with van der Waals surface area (Å²) in [7, 11) is 0. The number of benzene rings is 1. The zero-order valence-corrected chi connectivity index (χ0v) is 14.6. The summed E-state index contributed by atoms with van der Waals surface area (Å²) in [4.78, 5) is 14.0. The van der Waals surface area contributed by atoms with Crippen molar-refractivity contribution in [1.82, 2.24) is 10.2 Å². The number of halogens is 1. The number of aryl methyl sites for hydroxylation is 1. The lowest BCUT2D eigenvalue weighted by molar-refractivity contribution is 0.0520. The smallest absolute Gasteiger partial charge is 0.317 e. The second-order valence-electron chi connectivity index (χ2n) is 6.46. The van der Waals surface area contributed by atoms with Gasteiger partial charge in [-0.05, 0) is 55.2 Å². The molecule has 0 saturated carbocycles. The van der Waals surface area contributed by atoms with E-state index >= 15 is 0 Å². The van der Waals surface area contributed by atoms with E-state index in [0.717, 1.165) is 50.2 Å². The van der Waals surface area contributed by atoms with Crippen LogP contribution in [0.4, 0.5) is 4.79 Å². The normalized spacial score (nSPS) is 17.1. The number of amides is 2. The van der Waals surface area contributed by atoms with Gasteiger partial charge in [0.15, 0.2) is 0 Å². The van der Waals surface area contributed by atoms with Crippen molar-refractivity contribution in [2.45, 2.75) is 39.0 Å². The minimum atomic E-state index is 0.0174. The van der Waals surface area contributed by atoms with Crippen molar-refractivity contribution in [2.24, 2.45) is 5.41 Å². The molecule has 2 amide bonds. The molecule has 0 atom stereocenters. The summed E-state index contributed by atoms with van der Waals surface area (Å²) in [6.45, 7) is 4.48. The third-order valence-electron chi connectivity index (χ3n) is 5.03. The number of nitrogens with one attached hydrogen (secondary N) is 1. The number of aliphatic hydroxyl groups excluding tert-OH is 1. The van der Waals surface area contributed by atoms with E-state index in [2.05, 4.69) is 12.2 Å². The van der Waals surface area contributed by atoms with Crippen LogP contribution < -0.4 is 5.32 Å². The molecule has 0 bridgehead atoms. The van der Waals surface area contributed by atoms with Crippen LogP contribution in [0.1, 0.15) is 38.2 Å². The number of urea groups is 1. The minimum absolute atomic E-state index is 0.0174. The van der Waals surface area contributed by atoms with Gasteiger partial charge < -0.3 is 15.3 Å². The number of carbonyl (C=O) groups excluding carboxylic acids is 1. The number of hydrogen-bond donors (Lipinski definition) is 2. The maximum atomic E-state index is 12.2. The summed E-state index contributed by atoms with van der Waals surface area (Å²) in [6, 6.07) is 7.85. The van der Waals surface area contributed by atoms with Gasteiger partial charge in [0.2, 0.25) is 0 Å². The van der Waals surface area contributed by atoms with Crippen molar-refractivity contribution in [2.75, 3.05) is 26.2 Å². The lowest BCUT2D eigenvalue weighted by Crippen LogP contribution is -2.48. The van der Waals surface area contributed by atoms with Gasteiger partial charge in [0.1, 0.15) is 0 Å². The average Bonchev–Trinajstić information content (AvgIpc) is 2.60. The average molecular weight is 339 g/mol. The summed E-state index contributed by atoms with van der Waals surface area (Å²) in [5.41, 5.74) is 1.25. The first-order valence-corrected chi connectivity index (χ1v) is 8.84. The van der Waals surface area contributed by atoms with Gasteiger partial charge in [-0.2, -0.15) is 0 Å². The maximum Gasteiger partial charge on any atom is 0.317 e. The number of hydrogen-bond acceptors (Lipinski definition) is 2. The van der Waals surface area contributed by atoms with Crippen LogP contribution in [0.25, 0.3) is 0 Å². The van der Waals surface area contributed by atoms with Gasteiger partial charge in [-0.15, -0.1) is 0 Å². The molecule has 23 heavy (non-hydrogen) atoms. The highest BCUT2D eigenvalue weighted by atomic mass is 35.5. The van der Waals surface area contributed by atoms with Crippen molar-refractivity contribution in [3.63, 3.8) is 0 Å². The van der Waals surface area contributed by atoms with Gasteiger partial charge in [-0.3, -0.25) is 0 Å². The summed E-state index contributed by atoms with van der Waals surface area (Å²) in [5, 5.41) is 13.3. The predicted molar refractivity (Wildman–Crippen MR) is 93.8 cm³/mol. The summed E-state index contributed by atoms with van der Waals surface area (Å²) in [6.07, 6.45) is 4.59. The lowest BCUT2D eigenvalue weighted by Gasteiger charge is -2.40. The molecule has 2 rings (SSSR count). The molecular formula is C18H27ClN2O2. The Kier molecular flexibility index (Phi) is 6.72. The number of rotatable bonds is 6. The molecule has 1 aromatic rings. The number of piperidine rings is 1. The third-order valence-corrected chi connectivity index (χ3v) is 5.28. The Labute approximate surface area is 143 Å². The minimum Gasteiger partial charge on any atom is -0.396 e. The molecule has 0 unspecified atom stereocenters. The van der Waals surface area contributed by atoms with Crippen LogP contribution in [0.2, 0.25) is 5.02 Å². The first-order valence-electron chi connectivity index (χ1n) is 8.47. The fourth-order valence-electron chi connectivity index (χ4n) is 3.06. The SMILES string of the molecule is CCC1(CO)CCN(C(=O)NCCCc2ccc(Cl)cc2)CC1. The van der Waals surface area contributed by atoms with Crippen molar-refractivity contribution in [3.05, 3.63) is 34.9 Å². The van der Waals surface area contributed by atoms with Gasteiger partial charge in [0, 0.05) is 31.3 Å². The quantitative estimate of drug-likeness (QED) is 0.780. The molecule has 1 aliphatic heterocycles. The van der Waals surface area contributed by atoms with E-state index in [4.69, 9.17) is 11.6 Å². The van der Waals surface area contributed by atoms with Gasteiger partial charge >= 0.3 is 6.03 Å². The summed E-state index contributed by atoms with van der Waals surface area (Å²) < 4.78 is 0. The summed E-state index contributed by atoms with van der Waals surface area (Å²) >= 11 is 5.86. The zero-order chi connectivity index (χ0) is 16.7. The van der Waals surface area contributed by atoms with E-state index in [-0.39, 0.29) is 18.1 Å². The molecular weight excluding hydrogens is 312 g/mol. The van der Waals surface area contributed by atoms with E-state index in [0.29, 0.717) is 6.54 Å². The van der Waals surface area contributed by atoms with Crippen molar-refractivity contribution in [3.8, 4) is 0 Å². The largest absolute Gasteiger partial charge is 0.396 e. The zero-order valence-electron chi connectivity index (χ0n) is 13.9. The van der Waals surface area contributed by atoms with E-state index in [1.54, 1.807) is 0 Å². The number of carbonyl (C=O) groups is 1. The van der Waals surface area contributed by atoms with Gasteiger partial charge in [0.25, 0.3) is 0 Å². The second-order valence-corrected chi connectivity index (χ2v) is 6.90. The Balaban J connectivity index is 1.66. The van der Waals surface area contributed by atoms with Crippen LogP contribution in [-0.2, 0) is 6.42 Å². The molecule has 0 aliphatic carbocycles. The van der Waals surface area contributed by atoms with Crippen molar-refractivity contribution in [1.29, 1.82) is 0 Å². The van der Waals surface area contributed by atoms with Gasteiger partial charge in [-0.1, -0.05) is 30.7 Å². The van der Waals surface area contributed by atoms with Crippen LogP contribution >= 0.6 is 11.6 Å². The molecule has 1 fully saturated rings. The standard InChI is InChI=1S/C18H27ClN2O2/c1-2-18(14-22)9-12-21(13-10-18)17(23)20-11-3-4-15-5-7-16(19)8-6-15/h5-8,22H,2-4,9-14H2,1H3,(H,20,23). The topological polar surface area (TPSA) is 52.6 Å². The Bertz CT molecular complexity index is 490. The van der Waals surface area contributed by atoms with Crippen molar-refractivity contribution < 1.29 is 9.90 Å². The van der Waals surface area contributed by atoms with Crippen molar-refractivity contribution >= 4 is 17.6 Å². The Hall–Kier alpha value is -1.26. The first-order chi connectivity index (χ1) is 11.1. The third kappa shape index (κ3) is 5.11. The fourth-order valence-corrected chi connectivity index (χ4v) is 3.18. The van der Waals surface area contributed by atoms with Crippen LogP contribution in [0.15, 0.2) is 24.3 Å². The highest BCUT2D eigenvalue weighted by Gasteiger charge is 2.33. The van der Waals surface area contributed by atoms with Gasteiger partial charge in [0.05, 0.1) is 0 Å². The second kappa shape index (κ2) is 8.55. The van der Waals surface area contributed by atoms with Crippen LogP contribution in [0.5, 0.6) is 0 Å². The predicted octanol–water partition coefficient (Wildman–Crippen LogP) is 3.47. The fraction of sp³-hybridized carbons (Fsp3) is 0.611. The molecule has 0 radical (unpaired) electrons. The van der Waals surface area contributed by atoms with E-state index < -0.39 is 0 Å². The summed E-state index contributed by atoms with van der Waals surface area (Å²) in [5.74, 6) is 0. The number of likely N-dealkylation sites (tertiary alicyclic amines) is 1. The van der Waals surface area contributed by atoms with E-state index in [1.165, 1.54) is 5.56 Å². The maximum absolute atomic E-state index is 12.2. The Morgan fingerprint density at radius 2 is 1.96 bits per heavy atom. The molecule has 0 aromatic heterocycles. The Morgan fingerprint density at radius 3 is 2.52 bits per heavy atom. The van der Waals surface area contributed by atoms with Crippen LogP contribution in [0.3, 0.4) is 0 Å². The highest BCUT2D eigenvalue weighted by Crippen LogP contribution is 2.34. The van der Waals surface area contributed by atoms with Crippen LogP contribution in [0, 0.1) is 5.41 Å². The molecule has 4 nitrogen and oxygen atoms in total. The molecule has 1 aromatic carbocycles. The molecule has 1 heterocycles. The molecule has 5 heteroatoms. The molecule has 2 N–H and O–H groups in total.